The van der Waals surface area contributed by atoms with E-state index in [4.69, 9.17) is 4.52 Å². The molecule has 28 heavy (non-hydrogen) atoms. The highest BCUT2D eigenvalue weighted by atomic mass is 16.5. The molecular formula is C20H23N5O3. The van der Waals surface area contributed by atoms with Crippen LogP contribution in [0.1, 0.15) is 40.9 Å². The lowest BCUT2D eigenvalue weighted by Crippen LogP contribution is -2.36. The van der Waals surface area contributed by atoms with Crippen LogP contribution in [0.2, 0.25) is 0 Å². The van der Waals surface area contributed by atoms with Crippen molar-refractivity contribution in [3.63, 3.8) is 0 Å². The van der Waals surface area contributed by atoms with E-state index in [1.165, 1.54) is 0 Å². The van der Waals surface area contributed by atoms with Gasteiger partial charge in [-0.1, -0.05) is 5.16 Å². The normalized spacial score (nSPS) is 16.3. The van der Waals surface area contributed by atoms with Gasteiger partial charge in [0, 0.05) is 47.9 Å². The van der Waals surface area contributed by atoms with Crippen LogP contribution in [0.25, 0.3) is 11.3 Å². The predicted octanol–water partition coefficient (Wildman–Crippen LogP) is 2.64. The zero-order chi connectivity index (χ0) is 19.7. The van der Waals surface area contributed by atoms with Crippen molar-refractivity contribution in [1.82, 2.24) is 24.8 Å². The fourth-order valence-electron chi connectivity index (χ4n) is 3.90. The Balaban J connectivity index is 1.48. The molecule has 1 atom stereocenters. The molecule has 0 aromatic carbocycles. The summed E-state index contributed by atoms with van der Waals surface area (Å²) in [6, 6.07) is 5.96. The van der Waals surface area contributed by atoms with E-state index in [1.54, 1.807) is 12.4 Å². The van der Waals surface area contributed by atoms with Crippen molar-refractivity contribution in [3.8, 4) is 11.3 Å². The average molecular weight is 381 g/mol. The van der Waals surface area contributed by atoms with Crippen LogP contribution in [0.3, 0.4) is 0 Å². The Morgan fingerprint density at radius 2 is 2.18 bits per heavy atom. The van der Waals surface area contributed by atoms with E-state index in [0.29, 0.717) is 19.5 Å². The molecule has 0 spiro atoms. The largest absolute Gasteiger partial charge is 0.476 e. The number of rotatable bonds is 6. The number of nitrogens with zero attached hydrogens (tertiary/aromatic N) is 5. The lowest BCUT2D eigenvalue weighted by Gasteiger charge is -2.30. The predicted molar refractivity (Wildman–Crippen MR) is 102 cm³/mol. The maximum atomic E-state index is 11.6. The third-order valence-corrected chi connectivity index (χ3v) is 5.39. The molecule has 1 N–H and O–H groups in total. The molecule has 146 valence electrons. The summed E-state index contributed by atoms with van der Waals surface area (Å²) in [5.41, 5.74) is 3.87. The van der Waals surface area contributed by atoms with Gasteiger partial charge in [-0.15, -0.1) is 0 Å². The van der Waals surface area contributed by atoms with Crippen molar-refractivity contribution in [2.24, 2.45) is 0 Å². The first kappa shape index (κ1) is 18.4. The van der Waals surface area contributed by atoms with Gasteiger partial charge in [-0.3, -0.25) is 14.6 Å². The van der Waals surface area contributed by atoms with E-state index in [1.807, 2.05) is 36.9 Å². The Bertz CT molecular complexity index is 979. The number of carbonyl (C=O) groups is 1. The van der Waals surface area contributed by atoms with Gasteiger partial charge in [-0.2, -0.15) is 5.10 Å². The highest BCUT2D eigenvalue weighted by Crippen LogP contribution is 2.28. The molecule has 0 fully saturated rings. The van der Waals surface area contributed by atoms with Gasteiger partial charge in [0.05, 0.1) is 6.54 Å². The molecule has 0 aliphatic heterocycles. The molecule has 1 aliphatic carbocycles. The smallest absolute Gasteiger partial charge is 0.356 e. The molecule has 1 aliphatic rings. The van der Waals surface area contributed by atoms with Crippen molar-refractivity contribution >= 4 is 5.97 Å². The van der Waals surface area contributed by atoms with Gasteiger partial charge in [0.2, 0.25) is 0 Å². The number of carboxylic acids is 1. The van der Waals surface area contributed by atoms with Crippen LogP contribution >= 0.6 is 0 Å². The van der Waals surface area contributed by atoms with Crippen LogP contribution in [0.15, 0.2) is 35.1 Å². The van der Waals surface area contributed by atoms with Gasteiger partial charge < -0.3 is 9.63 Å². The molecule has 3 heterocycles. The zero-order valence-electron chi connectivity index (χ0n) is 16.0. The van der Waals surface area contributed by atoms with Crippen LogP contribution in [-0.2, 0) is 25.9 Å². The molecule has 0 saturated heterocycles. The fraction of sp³-hybridized carbons (Fsp3) is 0.400. The minimum atomic E-state index is -0.955. The van der Waals surface area contributed by atoms with Crippen LogP contribution in [-0.4, -0.2) is 49.0 Å². The number of aromatic nitrogens is 4. The first-order valence-corrected chi connectivity index (χ1v) is 9.45. The van der Waals surface area contributed by atoms with E-state index >= 15 is 0 Å². The zero-order valence-corrected chi connectivity index (χ0v) is 16.0. The van der Waals surface area contributed by atoms with Gasteiger partial charge in [-0.25, -0.2) is 4.79 Å². The standard InChI is InChI=1S/C20H23N5O3/c1-3-25-18-5-4-14(10-16(18)19(22-25)20(26)27)24(2)12-15-11-17(23-28-15)13-6-8-21-9-7-13/h6-9,11,14H,3-5,10,12H2,1-2H3,(H,26,27)/t14-/m0/s1. The van der Waals surface area contributed by atoms with E-state index in [2.05, 4.69) is 20.1 Å². The molecule has 8 heteroatoms. The molecule has 0 saturated carbocycles. The van der Waals surface area contributed by atoms with Gasteiger partial charge in [0.25, 0.3) is 0 Å². The Morgan fingerprint density at radius 1 is 1.39 bits per heavy atom. The number of hydrogen-bond donors (Lipinski definition) is 1. The van der Waals surface area contributed by atoms with Crippen molar-refractivity contribution < 1.29 is 14.4 Å². The second-order valence-electron chi connectivity index (χ2n) is 7.12. The second kappa shape index (κ2) is 7.55. The summed E-state index contributed by atoms with van der Waals surface area (Å²) < 4.78 is 7.34. The van der Waals surface area contributed by atoms with Crippen LogP contribution in [0, 0.1) is 0 Å². The van der Waals surface area contributed by atoms with Crippen molar-refractivity contribution in [1.29, 1.82) is 0 Å². The molecule has 0 amide bonds. The minimum absolute atomic E-state index is 0.189. The monoisotopic (exact) mass is 381 g/mol. The number of likely N-dealkylation sites (N-methyl/N-ethyl adjacent to an activating group) is 1. The summed E-state index contributed by atoms with van der Waals surface area (Å²) in [6.45, 7) is 3.29. The highest BCUT2D eigenvalue weighted by Gasteiger charge is 2.30. The Hall–Kier alpha value is -3.00. The van der Waals surface area contributed by atoms with Gasteiger partial charge in [0.15, 0.2) is 11.5 Å². The van der Waals surface area contributed by atoms with Crippen LogP contribution < -0.4 is 0 Å². The number of pyridine rings is 1. The summed E-state index contributed by atoms with van der Waals surface area (Å²) in [4.78, 5) is 17.8. The van der Waals surface area contributed by atoms with Crippen LogP contribution in [0.4, 0.5) is 0 Å². The summed E-state index contributed by atoms with van der Waals surface area (Å²) in [5.74, 6) is -0.174. The Kier molecular flexibility index (Phi) is 4.95. The lowest BCUT2D eigenvalue weighted by atomic mass is 9.90. The minimum Gasteiger partial charge on any atom is -0.476 e. The van der Waals surface area contributed by atoms with E-state index < -0.39 is 5.97 Å². The maximum Gasteiger partial charge on any atom is 0.356 e. The molecule has 0 bridgehead atoms. The first-order chi connectivity index (χ1) is 13.6. The maximum absolute atomic E-state index is 11.6. The number of carboxylic acid groups (broad SMARTS) is 1. The Labute approximate surface area is 162 Å². The molecule has 3 aromatic heterocycles. The van der Waals surface area contributed by atoms with Gasteiger partial charge in [0.1, 0.15) is 5.69 Å². The SMILES string of the molecule is CCn1nc(C(=O)O)c2c1CC[C@H](N(C)Cc1cc(-c3ccncc3)no1)C2. The van der Waals surface area contributed by atoms with Crippen LogP contribution in [0.5, 0.6) is 0 Å². The van der Waals surface area contributed by atoms with E-state index in [0.717, 1.165) is 41.1 Å². The molecule has 0 radical (unpaired) electrons. The highest BCUT2D eigenvalue weighted by molar-refractivity contribution is 5.87. The average Bonchev–Trinajstić information content (AvgIpc) is 3.32. The third-order valence-electron chi connectivity index (χ3n) is 5.39. The summed E-state index contributed by atoms with van der Waals surface area (Å²) in [6.07, 6.45) is 5.92. The Morgan fingerprint density at radius 3 is 2.89 bits per heavy atom. The molecule has 3 aromatic rings. The molecule has 4 rings (SSSR count). The lowest BCUT2D eigenvalue weighted by molar-refractivity contribution is 0.0687. The second-order valence-corrected chi connectivity index (χ2v) is 7.12. The number of aromatic carboxylic acids is 1. The van der Waals surface area contributed by atoms with E-state index in [9.17, 15) is 9.90 Å². The first-order valence-electron chi connectivity index (χ1n) is 9.45. The molecular weight excluding hydrogens is 358 g/mol. The van der Waals surface area contributed by atoms with Crippen molar-refractivity contribution in [2.75, 3.05) is 7.05 Å². The number of aryl methyl sites for hydroxylation is 1. The van der Waals surface area contributed by atoms with Gasteiger partial charge >= 0.3 is 5.97 Å². The third kappa shape index (κ3) is 3.43. The molecule has 8 nitrogen and oxygen atoms in total. The van der Waals surface area contributed by atoms with Gasteiger partial charge in [-0.05, 0) is 45.4 Å². The number of fused-ring (bicyclic) bond motifs is 1. The summed E-state index contributed by atoms with van der Waals surface area (Å²) in [7, 11) is 2.04. The van der Waals surface area contributed by atoms with Crippen molar-refractivity contribution in [2.45, 2.75) is 45.3 Å². The summed E-state index contributed by atoms with van der Waals surface area (Å²) in [5, 5.41) is 17.9. The summed E-state index contributed by atoms with van der Waals surface area (Å²) >= 11 is 0. The quantitative estimate of drug-likeness (QED) is 0.701. The topological polar surface area (TPSA) is 97.3 Å². The molecule has 0 unspecified atom stereocenters. The van der Waals surface area contributed by atoms with E-state index in [-0.39, 0.29) is 11.7 Å². The number of hydrogen-bond acceptors (Lipinski definition) is 6. The van der Waals surface area contributed by atoms with Crippen molar-refractivity contribution in [3.05, 3.63) is 53.3 Å². The fourth-order valence-corrected chi connectivity index (χ4v) is 3.90.